The van der Waals surface area contributed by atoms with Crippen LogP contribution in [0.2, 0.25) is 0 Å². The van der Waals surface area contributed by atoms with E-state index >= 15 is 0 Å². The number of amides is 1. The first-order valence-corrected chi connectivity index (χ1v) is 14.2. The summed E-state index contributed by atoms with van der Waals surface area (Å²) in [6.45, 7) is 5.86. The van der Waals surface area contributed by atoms with Gasteiger partial charge in [0.25, 0.3) is 5.91 Å². The minimum Gasteiger partial charge on any atom is -0.497 e. The van der Waals surface area contributed by atoms with E-state index in [1.54, 1.807) is 18.9 Å². The van der Waals surface area contributed by atoms with E-state index in [0.717, 1.165) is 52.6 Å². The normalized spacial score (nSPS) is 13.7. The van der Waals surface area contributed by atoms with Gasteiger partial charge in [-0.25, -0.2) is 4.98 Å². The summed E-state index contributed by atoms with van der Waals surface area (Å²) in [6.07, 6.45) is 2.50. The lowest BCUT2D eigenvalue weighted by Crippen LogP contribution is -2.33. The molecule has 0 saturated carbocycles. The van der Waals surface area contributed by atoms with Gasteiger partial charge in [0.05, 0.1) is 12.9 Å². The SMILES string of the molecule is COc1cccc(-c2nnc(SCc3nc(C(=O)NCCN4CCCC4)cs3)n2-c2ccc(C)cc2)c1. The first kappa shape index (κ1) is 25.4. The number of thiazole rings is 1. The van der Waals surface area contributed by atoms with Gasteiger partial charge >= 0.3 is 0 Å². The number of aryl methyl sites for hydroxylation is 1. The third-order valence-corrected chi connectivity index (χ3v) is 8.25. The number of benzene rings is 2. The Hall–Kier alpha value is -3.21. The summed E-state index contributed by atoms with van der Waals surface area (Å²) in [6, 6.07) is 16.1. The molecule has 8 nitrogen and oxygen atoms in total. The molecular formula is C27H30N6O2S2. The number of hydrogen-bond acceptors (Lipinski definition) is 8. The topological polar surface area (TPSA) is 85.2 Å². The Kier molecular flexibility index (Phi) is 8.18. The molecule has 192 valence electrons. The molecule has 0 atom stereocenters. The average molecular weight is 535 g/mol. The Morgan fingerprint density at radius 2 is 1.95 bits per heavy atom. The number of methoxy groups -OCH3 is 1. The van der Waals surface area contributed by atoms with Gasteiger partial charge < -0.3 is 15.0 Å². The molecule has 0 aliphatic carbocycles. The summed E-state index contributed by atoms with van der Waals surface area (Å²) >= 11 is 3.04. The zero-order chi connectivity index (χ0) is 25.6. The predicted molar refractivity (Wildman–Crippen MR) is 148 cm³/mol. The van der Waals surface area contributed by atoms with Crippen molar-refractivity contribution in [3.8, 4) is 22.8 Å². The zero-order valence-corrected chi connectivity index (χ0v) is 22.6. The molecule has 0 radical (unpaired) electrons. The summed E-state index contributed by atoms with van der Waals surface area (Å²) in [5.74, 6) is 1.98. The Balaban J connectivity index is 1.30. The van der Waals surface area contributed by atoms with E-state index in [-0.39, 0.29) is 5.91 Å². The number of likely N-dealkylation sites (tertiary alicyclic amines) is 1. The zero-order valence-electron chi connectivity index (χ0n) is 21.0. The summed E-state index contributed by atoms with van der Waals surface area (Å²) in [5.41, 5.74) is 3.55. The molecule has 37 heavy (non-hydrogen) atoms. The fourth-order valence-electron chi connectivity index (χ4n) is 4.27. The Labute approximate surface area is 225 Å². The van der Waals surface area contributed by atoms with Crippen molar-refractivity contribution in [1.29, 1.82) is 0 Å². The number of nitrogens with zero attached hydrogens (tertiary/aromatic N) is 5. The second-order valence-electron chi connectivity index (χ2n) is 8.93. The van der Waals surface area contributed by atoms with E-state index in [0.29, 0.717) is 18.0 Å². The predicted octanol–water partition coefficient (Wildman–Crippen LogP) is 4.83. The lowest BCUT2D eigenvalue weighted by Gasteiger charge is -2.14. The van der Waals surface area contributed by atoms with Crippen LogP contribution in [0.1, 0.15) is 33.9 Å². The van der Waals surface area contributed by atoms with E-state index in [1.807, 2.05) is 29.6 Å². The molecule has 1 amide bonds. The largest absolute Gasteiger partial charge is 0.497 e. The van der Waals surface area contributed by atoms with Gasteiger partial charge in [-0.05, 0) is 57.1 Å². The van der Waals surface area contributed by atoms with Crippen molar-refractivity contribution < 1.29 is 9.53 Å². The molecule has 1 N–H and O–H groups in total. The Morgan fingerprint density at radius 1 is 1.14 bits per heavy atom. The van der Waals surface area contributed by atoms with Gasteiger partial charge in [0.1, 0.15) is 16.5 Å². The molecule has 10 heteroatoms. The fourth-order valence-corrected chi connectivity index (χ4v) is 6.02. The van der Waals surface area contributed by atoms with Crippen LogP contribution in [-0.2, 0) is 5.75 Å². The van der Waals surface area contributed by atoms with Crippen molar-refractivity contribution in [1.82, 2.24) is 30.0 Å². The molecule has 5 rings (SSSR count). The van der Waals surface area contributed by atoms with Gasteiger partial charge in [-0.2, -0.15) is 0 Å². The standard InChI is InChI=1S/C27H30N6O2S2/c1-19-8-10-21(11-9-19)33-25(20-6-5-7-22(16-20)35-2)30-31-27(33)37-18-24-29-23(17-36-24)26(34)28-12-15-32-13-3-4-14-32/h5-11,16-17H,3-4,12-15,18H2,1-2H3,(H,28,34). The summed E-state index contributed by atoms with van der Waals surface area (Å²) in [7, 11) is 1.65. The van der Waals surface area contributed by atoms with E-state index in [9.17, 15) is 4.79 Å². The van der Waals surface area contributed by atoms with Crippen LogP contribution in [0.25, 0.3) is 17.1 Å². The van der Waals surface area contributed by atoms with Crippen molar-refractivity contribution >= 4 is 29.0 Å². The second kappa shape index (κ2) is 11.9. The van der Waals surface area contributed by atoms with Gasteiger partial charge in [0.15, 0.2) is 11.0 Å². The number of carbonyl (C=O) groups excluding carboxylic acids is 1. The first-order chi connectivity index (χ1) is 18.1. The number of nitrogens with one attached hydrogen (secondary N) is 1. The highest BCUT2D eigenvalue weighted by molar-refractivity contribution is 7.98. The van der Waals surface area contributed by atoms with Crippen LogP contribution in [0, 0.1) is 6.92 Å². The van der Waals surface area contributed by atoms with Crippen LogP contribution in [0.4, 0.5) is 0 Å². The highest BCUT2D eigenvalue weighted by atomic mass is 32.2. The molecule has 1 aliphatic heterocycles. The van der Waals surface area contributed by atoms with Gasteiger partial charge in [-0.1, -0.05) is 41.6 Å². The van der Waals surface area contributed by atoms with Crippen LogP contribution < -0.4 is 10.1 Å². The van der Waals surface area contributed by atoms with Crippen LogP contribution in [-0.4, -0.2) is 63.8 Å². The average Bonchev–Trinajstić information content (AvgIpc) is 3.69. The molecule has 3 heterocycles. The van der Waals surface area contributed by atoms with Gasteiger partial charge in [0.2, 0.25) is 0 Å². The molecule has 0 unspecified atom stereocenters. The molecule has 1 aliphatic rings. The lowest BCUT2D eigenvalue weighted by atomic mass is 10.2. The van der Waals surface area contributed by atoms with E-state index in [2.05, 4.69) is 61.2 Å². The van der Waals surface area contributed by atoms with E-state index in [4.69, 9.17) is 4.74 Å². The molecule has 1 fully saturated rings. The van der Waals surface area contributed by atoms with Crippen molar-refractivity contribution in [3.63, 3.8) is 0 Å². The molecule has 4 aromatic rings. The number of aromatic nitrogens is 4. The molecule has 0 spiro atoms. The Morgan fingerprint density at radius 3 is 2.73 bits per heavy atom. The highest BCUT2D eigenvalue weighted by Crippen LogP contribution is 2.31. The number of rotatable bonds is 10. The summed E-state index contributed by atoms with van der Waals surface area (Å²) in [5, 5.41) is 15.5. The van der Waals surface area contributed by atoms with Gasteiger partial charge in [-0.15, -0.1) is 21.5 Å². The van der Waals surface area contributed by atoms with E-state index < -0.39 is 0 Å². The van der Waals surface area contributed by atoms with Crippen molar-refractivity contribution in [2.75, 3.05) is 33.3 Å². The lowest BCUT2D eigenvalue weighted by molar-refractivity contribution is 0.0945. The van der Waals surface area contributed by atoms with Crippen LogP contribution in [0.5, 0.6) is 5.75 Å². The maximum absolute atomic E-state index is 12.6. The number of hydrogen-bond donors (Lipinski definition) is 1. The van der Waals surface area contributed by atoms with Crippen LogP contribution >= 0.6 is 23.1 Å². The van der Waals surface area contributed by atoms with Crippen molar-refractivity contribution in [3.05, 3.63) is 70.2 Å². The monoisotopic (exact) mass is 534 g/mol. The second-order valence-corrected chi connectivity index (χ2v) is 10.8. The van der Waals surface area contributed by atoms with Gasteiger partial charge in [-0.3, -0.25) is 9.36 Å². The van der Waals surface area contributed by atoms with Crippen LogP contribution in [0.3, 0.4) is 0 Å². The van der Waals surface area contributed by atoms with Crippen molar-refractivity contribution in [2.24, 2.45) is 0 Å². The molecule has 2 aromatic heterocycles. The quantitative estimate of drug-likeness (QED) is 0.292. The van der Waals surface area contributed by atoms with Crippen molar-refractivity contribution in [2.45, 2.75) is 30.7 Å². The molecule has 1 saturated heterocycles. The maximum atomic E-state index is 12.6. The first-order valence-electron chi connectivity index (χ1n) is 12.4. The number of ether oxygens (including phenoxy) is 1. The fraction of sp³-hybridized carbons (Fsp3) is 0.333. The summed E-state index contributed by atoms with van der Waals surface area (Å²) in [4.78, 5) is 19.5. The third-order valence-electron chi connectivity index (χ3n) is 6.27. The molecular weight excluding hydrogens is 504 g/mol. The maximum Gasteiger partial charge on any atom is 0.270 e. The summed E-state index contributed by atoms with van der Waals surface area (Å²) < 4.78 is 7.47. The Bertz CT molecular complexity index is 1350. The minimum atomic E-state index is -0.116. The van der Waals surface area contributed by atoms with Crippen LogP contribution in [0.15, 0.2) is 59.1 Å². The number of carbonyl (C=O) groups is 1. The highest BCUT2D eigenvalue weighted by Gasteiger charge is 2.18. The minimum absolute atomic E-state index is 0.116. The smallest absolute Gasteiger partial charge is 0.270 e. The molecule has 0 bridgehead atoms. The number of thioether (sulfide) groups is 1. The van der Waals surface area contributed by atoms with E-state index in [1.165, 1.54) is 29.7 Å². The third kappa shape index (κ3) is 6.20. The molecule has 2 aromatic carbocycles. The van der Waals surface area contributed by atoms with Gasteiger partial charge in [0, 0.05) is 29.7 Å².